The summed E-state index contributed by atoms with van der Waals surface area (Å²) in [5.41, 5.74) is 2.54. The molecule has 2 aromatic carbocycles. The molecule has 2 aromatic rings. The van der Waals surface area contributed by atoms with Gasteiger partial charge in [0.25, 0.3) is 5.69 Å². The minimum Gasteiger partial charge on any atom is -0.381 e. The van der Waals surface area contributed by atoms with Crippen molar-refractivity contribution in [2.75, 3.05) is 5.32 Å². The lowest BCUT2D eigenvalue weighted by molar-refractivity contribution is -0.385. The van der Waals surface area contributed by atoms with Crippen LogP contribution in [0.4, 0.5) is 15.8 Å². The highest BCUT2D eigenvalue weighted by atomic mass is 35.5. The topological polar surface area (TPSA) is 55.2 Å². The zero-order chi connectivity index (χ0) is 15.6. The van der Waals surface area contributed by atoms with Crippen molar-refractivity contribution >= 4 is 23.0 Å². The van der Waals surface area contributed by atoms with E-state index < -0.39 is 10.7 Å². The Labute approximate surface area is 126 Å². The van der Waals surface area contributed by atoms with Gasteiger partial charge in [-0.25, -0.2) is 4.39 Å². The van der Waals surface area contributed by atoms with E-state index in [1.54, 1.807) is 32.0 Å². The van der Waals surface area contributed by atoms with Crippen molar-refractivity contribution in [3.05, 3.63) is 68.0 Å². The van der Waals surface area contributed by atoms with E-state index in [1.807, 2.05) is 0 Å². The van der Waals surface area contributed by atoms with E-state index in [9.17, 15) is 14.5 Å². The van der Waals surface area contributed by atoms with Crippen LogP contribution in [0.15, 0.2) is 30.3 Å². The van der Waals surface area contributed by atoms with Gasteiger partial charge in [-0.05, 0) is 31.5 Å². The maximum atomic E-state index is 13.8. The number of hydrogen-bond acceptors (Lipinski definition) is 3. The first-order valence-corrected chi connectivity index (χ1v) is 6.70. The molecule has 1 N–H and O–H groups in total. The molecule has 0 aromatic heterocycles. The van der Waals surface area contributed by atoms with Gasteiger partial charge in [0.05, 0.1) is 9.95 Å². The number of anilines is 1. The second kappa shape index (κ2) is 6.10. The van der Waals surface area contributed by atoms with E-state index in [-0.39, 0.29) is 17.3 Å². The van der Waals surface area contributed by atoms with Crippen molar-refractivity contribution in [3.8, 4) is 0 Å². The van der Waals surface area contributed by atoms with Crippen LogP contribution in [0.2, 0.25) is 5.02 Å². The average Bonchev–Trinajstić information content (AvgIpc) is 2.43. The lowest BCUT2D eigenvalue weighted by Crippen LogP contribution is -2.04. The molecule has 0 heterocycles. The molecule has 0 bridgehead atoms. The van der Waals surface area contributed by atoms with Gasteiger partial charge in [0.1, 0.15) is 5.82 Å². The van der Waals surface area contributed by atoms with E-state index in [2.05, 4.69) is 5.32 Å². The van der Waals surface area contributed by atoms with E-state index in [0.29, 0.717) is 11.1 Å². The van der Waals surface area contributed by atoms with Crippen LogP contribution in [0.25, 0.3) is 0 Å². The minimum atomic E-state index is -0.456. The zero-order valence-electron chi connectivity index (χ0n) is 11.6. The fraction of sp³-hybridized carbons (Fsp3) is 0.200. The third-order valence-electron chi connectivity index (χ3n) is 3.24. The van der Waals surface area contributed by atoms with Gasteiger partial charge in [-0.3, -0.25) is 10.1 Å². The summed E-state index contributed by atoms with van der Waals surface area (Å²) in [5, 5.41) is 14.0. The predicted octanol–water partition coefficient (Wildman–Crippen LogP) is 4.62. The first kappa shape index (κ1) is 15.3. The smallest absolute Gasteiger partial charge is 0.272 e. The van der Waals surface area contributed by atoms with Crippen LogP contribution >= 0.6 is 11.6 Å². The number of nitrogens with zero attached hydrogens (tertiary/aromatic N) is 1. The Morgan fingerprint density at radius 2 is 2.00 bits per heavy atom. The lowest BCUT2D eigenvalue weighted by Gasteiger charge is -2.12. The van der Waals surface area contributed by atoms with E-state index in [0.717, 1.165) is 11.3 Å². The molecule has 0 aliphatic rings. The van der Waals surface area contributed by atoms with Crippen molar-refractivity contribution in [1.82, 2.24) is 0 Å². The minimum absolute atomic E-state index is 0.0749. The molecule has 0 atom stereocenters. The SMILES string of the molecule is Cc1cc([N+](=O)[O-])c(C)cc1NCc1cccc(Cl)c1F. The molecule has 0 aliphatic heterocycles. The number of nitro benzene ring substituents is 1. The van der Waals surface area contributed by atoms with Crippen LogP contribution in [0, 0.1) is 29.8 Å². The van der Waals surface area contributed by atoms with Crippen LogP contribution in [-0.4, -0.2) is 4.92 Å². The number of rotatable bonds is 4. The summed E-state index contributed by atoms with van der Waals surface area (Å²) in [6.07, 6.45) is 0. The molecule has 21 heavy (non-hydrogen) atoms. The second-order valence-electron chi connectivity index (χ2n) is 4.78. The summed E-state index contributed by atoms with van der Waals surface area (Å²) >= 11 is 5.73. The number of aryl methyl sites for hydroxylation is 2. The van der Waals surface area contributed by atoms with Crippen LogP contribution in [0.1, 0.15) is 16.7 Å². The van der Waals surface area contributed by atoms with Crippen molar-refractivity contribution in [2.45, 2.75) is 20.4 Å². The van der Waals surface area contributed by atoms with E-state index >= 15 is 0 Å². The predicted molar refractivity (Wildman–Crippen MR) is 81.3 cm³/mol. The maximum Gasteiger partial charge on any atom is 0.272 e. The fourth-order valence-electron chi connectivity index (χ4n) is 2.06. The number of benzene rings is 2. The third kappa shape index (κ3) is 3.31. The van der Waals surface area contributed by atoms with Crippen molar-refractivity contribution in [1.29, 1.82) is 0 Å². The van der Waals surface area contributed by atoms with Gasteiger partial charge in [-0.15, -0.1) is 0 Å². The van der Waals surface area contributed by atoms with Gasteiger partial charge in [-0.2, -0.15) is 0 Å². The highest BCUT2D eigenvalue weighted by Gasteiger charge is 2.13. The Morgan fingerprint density at radius 1 is 1.29 bits per heavy atom. The summed E-state index contributed by atoms with van der Waals surface area (Å²) < 4.78 is 13.8. The van der Waals surface area contributed by atoms with Crippen molar-refractivity contribution in [2.24, 2.45) is 0 Å². The molecule has 0 spiro atoms. The Balaban J connectivity index is 2.23. The van der Waals surface area contributed by atoms with Gasteiger partial charge >= 0.3 is 0 Å². The zero-order valence-corrected chi connectivity index (χ0v) is 12.4. The fourth-order valence-corrected chi connectivity index (χ4v) is 2.26. The summed E-state index contributed by atoms with van der Waals surface area (Å²) in [5.74, 6) is -0.456. The normalized spacial score (nSPS) is 10.5. The highest BCUT2D eigenvalue weighted by Crippen LogP contribution is 2.27. The van der Waals surface area contributed by atoms with Gasteiger partial charge < -0.3 is 5.32 Å². The quantitative estimate of drug-likeness (QED) is 0.662. The molecule has 110 valence electrons. The lowest BCUT2D eigenvalue weighted by atomic mass is 10.1. The Kier molecular flexibility index (Phi) is 4.43. The summed E-state index contributed by atoms with van der Waals surface area (Å²) in [7, 11) is 0. The highest BCUT2D eigenvalue weighted by molar-refractivity contribution is 6.30. The van der Waals surface area contributed by atoms with Crippen LogP contribution < -0.4 is 5.32 Å². The van der Waals surface area contributed by atoms with Gasteiger partial charge in [0.15, 0.2) is 0 Å². The molecule has 2 rings (SSSR count). The Bertz CT molecular complexity index is 704. The molecule has 0 fully saturated rings. The molecule has 0 amide bonds. The largest absolute Gasteiger partial charge is 0.381 e. The van der Waals surface area contributed by atoms with Crippen LogP contribution in [0.5, 0.6) is 0 Å². The van der Waals surface area contributed by atoms with Gasteiger partial charge in [0, 0.05) is 29.4 Å². The number of nitro groups is 1. The molecule has 0 radical (unpaired) electrons. The van der Waals surface area contributed by atoms with Crippen molar-refractivity contribution < 1.29 is 9.31 Å². The first-order chi connectivity index (χ1) is 9.90. The monoisotopic (exact) mass is 308 g/mol. The van der Waals surface area contributed by atoms with E-state index in [4.69, 9.17) is 11.6 Å². The molecular formula is C15H14ClFN2O2. The summed E-state index contributed by atoms with van der Waals surface area (Å²) in [4.78, 5) is 10.5. The number of hydrogen-bond donors (Lipinski definition) is 1. The molecule has 0 saturated carbocycles. The summed E-state index contributed by atoms with van der Waals surface area (Å²) in [6, 6.07) is 8.00. The first-order valence-electron chi connectivity index (χ1n) is 6.32. The molecule has 6 heteroatoms. The molecular weight excluding hydrogens is 295 g/mol. The Morgan fingerprint density at radius 3 is 2.67 bits per heavy atom. The third-order valence-corrected chi connectivity index (χ3v) is 3.53. The van der Waals surface area contributed by atoms with Gasteiger partial charge in [0.2, 0.25) is 0 Å². The number of nitrogens with one attached hydrogen (secondary N) is 1. The number of halogens is 2. The van der Waals surface area contributed by atoms with E-state index in [1.165, 1.54) is 12.1 Å². The van der Waals surface area contributed by atoms with Crippen LogP contribution in [-0.2, 0) is 6.54 Å². The molecule has 0 unspecified atom stereocenters. The average molecular weight is 309 g/mol. The molecule has 0 saturated heterocycles. The Hall–Kier alpha value is -2.14. The van der Waals surface area contributed by atoms with Crippen LogP contribution in [0.3, 0.4) is 0 Å². The van der Waals surface area contributed by atoms with Gasteiger partial charge in [-0.1, -0.05) is 23.7 Å². The maximum absolute atomic E-state index is 13.8. The molecule has 4 nitrogen and oxygen atoms in total. The second-order valence-corrected chi connectivity index (χ2v) is 5.18. The molecule has 0 aliphatic carbocycles. The summed E-state index contributed by atoms with van der Waals surface area (Å²) in [6.45, 7) is 3.69. The standard InChI is InChI=1S/C15H14ClFN2O2/c1-9-7-14(19(20)21)10(2)6-13(9)18-8-11-4-3-5-12(16)15(11)17/h3-7,18H,8H2,1-2H3. The van der Waals surface area contributed by atoms with Crippen molar-refractivity contribution in [3.63, 3.8) is 0 Å².